The van der Waals surface area contributed by atoms with Gasteiger partial charge in [0.15, 0.2) is 0 Å². The van der Waals surface area contributed by atoms with Gasteiger partial charge in [-0.05, 0) is 45.7 Å². The highest BCUT2D eigenvalue weighted by Crippen LogP contribution is 2.34. The van der Waals surface area contributed by atoms with E-state index in [0.29, 0.717) is 25.6 Å². The SMILES string of the molecule is CC(C)(C)OC(=O)N1CC(CN(C(=O)C2CC2)c2ccccc2)C1. The van der Waals surface area contributed by atoms with Crippen LogP contribution in [0.5, 0.6) is 0 Å². The Morgan fingerprint density at radius 2 is 1.79 bits per heavy atom. The number of rotatable bonds is 4. The molecule has 1 aliphatic carbocycles. The second kappa shape index (κ2) is 6.46. The number of hydrogen-bond donors (Lipinski definition) is 0. The van der Waals surface area contributed by atoms with Gasteiger partial charge in [0.1, 0.15) is 5.60 Å². The molecule has 0 spiro atoms. The molecule has 130 valence electrons. The van der Waals surface area contributed by atoms with Crippen LogP contribution >= 0.6 is 0 Å². The maximum absolute atomic E-state index is 12.6. The lowest BCUT2D eigenvalue weighted by atomic mass is 9.99. The molecule has 0 N–H and O–H groups in total. The van der Waals surface area contributed by atoms with Crippen LogP contribution in [0.25, 0.3) is 0 Å². The van der Waals surface area contributed by atoms with Gasteiger partial charge in [-0.15, -0.1) is 0 Å². The minimum atomic E-state index is -0.472. The number of hydrogen-bond acceptors (Lipinski definition) is 3. The molecule has 1 aliphatic heterocycles. The minimum Gasteiger partial charge on any atom is -0.444 e. The Balaban J connectivity index is 1.57. The molecule has 0 unspecified atom stereocenters. The Kier molecular flexibility index (Phi) is 4.52. The van der Waals surface area contributed by atoms with Gasteiger partial charge in [-0.25, -0.2) is 4.79 Å². The molecule has 24 heavy (non-hydrogen) atoms. The molecule has 5 heteroatoms. The summed E-state index contributed by atoms with van der Waals surface area (Å²) in [7, 11) is 0. The number of benzene rings is 1. The Morgan fingerprint density at radius 1 is 1.17 bits per heavy atom. The topological polar surface area (TPSA) is 49.9 Å². The van der Waals surface area contributed by atoms with E-state index in [-0.39, 0.29) is 17.9 Å². The number of para-hydroxylation sites is 1. The molecule has 2 amide bonds. The third kappa shape index (κ3) is 4.08. The van der Waals surface area contributed by atoms with E-state index in [1.54, 1.807) is 4.90 Å². The fraction of sp³-hybridized carbons (Fsp3) is 0.579. The molecule has 0 aromatic heterocycles. The third-order valence-corrected chi connectivity index (χ3v) is 4.31. The molecule has 0 atom stereocenters. The molecule has 1 heterocycles. The zero-order valence-corrected chi connectivity index (χ0v) is 14.7. The summed E-state index contributed by atoms with van der Waals surface area (Å²) in [4.78, 5) is 28.2. The van der Waals surface area contributed by atoms with Crippen LogP contribution in [0.1, 0.15) is 33.6 Å². The van der Waals surface area contributed by atoms with Crippen molar-refractivity contribution in [1.29, 1.82) is 0 Å². The second-order valence-corrected chi connectivity index (χ2v) is 7.81. The van der Waals surface area contributed by atoms with Crippen LogP contribution in [0.4, 0.5) is 10.5 Å². The highest BCUT2D eigenvalue weighted by Gasteiger charge is 2.39. The van der Waals surface area contributed by atoms with E-state index in [0.717, 1.165) is 18.5 Å². The number of nitrogens with zero attached hydrogens (tertiary/aromatic N) is 2. The number of amides is 2. The molecule has 2 aliphatic rings. The number of ether oxygens (including phenoxy) is 1. The monoisotopic (exact) mass is 330 g/mol. The maximum Gasteiger partial charge on any atom is 0.410 e. The lowest BCUT2D eigenvalue weighted by Crippen LogP contribution is -2.55. The molecule has 0 radical (unpaired) electrons. The summed E-state index contributed by atoms with van der Waals surface area (Å²) >= 11 is 0. The molecule has 3 rings (SSSR count). The first-order valence-corrected chi connectivity index (χ1v) is 8.68. The number of carbonyl (C=O) groups is 2. The van der Waals surface area contributed by atoms with Crippen molar-refractivity contribution in [3.8, 4) is 0 Å². The molecule has 1 saturated heterocycles. The van der Waals surface area contributed by atoms with Crippen molar-refractivity contribution >= 4 is 17.7 Å². The average Bonchev–Trinajstić information content (AvgIpc) is 3.29. The van der Waals surface area contributed by atoms with E-state index in [2.05, 4.69) is 0 Å². The first-order valence-electron chi connectivity index (χ1n) is 8.68. The predicted octanol–water partition coefficient (Wildman–Crippen LogP) is 3.30. The molecule has 2 fully saturated rings. The van der Waals surface area contributed by atoms with Crippen molar-refractivity contribution < 1.29 is 14.3 Å². The summed E-state index contributed by atoms with van der Waals surface area (Å²) in [6.07, 6.45) is 1.73. The van der Waals surface area contributed by atoms with Crippen LogP contribution in [-0.2, 0) is 9.53 Å². The van der Waals surface area contributed by atoms with Crippen molar-refractivity contribution in [2.24, 2.45) is 11.8 Å². The third-order valence-electron chi connectivity index (χ3n) is 4.31. The standard InChI is InChI=1S/C19H26N2O3/c1-19(2,3)24-18(23)20-11-14(12-20)13-21(17(22)15-9-10-15)16-7-5-4-6-8-16/h4-8,14-15H,9-13H2,1-3H3. The quantitative estimate of drug-likeness (QED) is 0.851. The highest BCUT2D eigenvalue weighted by molar-refractivity contribution is 5.96. The molecule has 1 aromatic rings. The van der Waals surface area contributed by atoms with Crippen molar-refractivity contribution in [3.05, 3.63) is 30.3 Å². The van der Waals surface area contributed by atoms with Crippen molar-refractivity contribution in [2.45, 2.75) is 39.2 Å². The van der Waals surface area contributed by atoms with Gasteiger partial charge in [0.2, 0.25) is 5.91 Å². The van der Waals surface area contributed by atoms with E-state index < -0.39 is 5.60 Å². The van der Waals surface area contributed by atoms with Gasteiger partial charge in [0.25, 0.3) is 0 Å². The fourth-order valence-corrected chi connectivity index (χ4v) is 2.90. The van der Waals surface area contributed by atoms with Gasteiger partial charge in [-0.2, -0.15) is 0 Å². The van der Waals surface area contributed by atoms with Crippen LogP contribution in [0.15, 0.2) is 30.3 Å². The summed E-state index contributed by atoms with van der Waals surface area (Å²) in [6.45, 7) is 7.57. The predicted molar refractivity (Wildman–Crippen MR) is 92.8 cm³/mol. The van der Waals surface area contributed by atoms with Crippen LogP contribution in [0.2, 0.25) is 0 Å². The Bertz CT molecular complexity index is 599. The van der Waals surface area contributed by atoms with Crippen LogP contribution in [-0.4, -0.2) is 42.1 Å². The Morgan fingerprint density at radius 3 is 2.33 bits per heavy atom. The summed E-state index contributed by atoms with van der Waals surface area (Å²) in [5, 5.41) is 0. The summed E-state index contributed by atoms with van der Waals surface area (Å²) < 4.78 is 5.38. The van der Waals surface area contributed by atoms with Crippen molar-refractivity contribution in [3.63, 3.8) is 0 Å². The van der Waals surface area contributed by atoms with Crippen LogP contribution in [0, 0.1) is 11.8 Å². The van der Waals surface area contributed by atoms with Gasteiger partial charge in [0, 0.05) is 37.2 Å². The molecule has 5 nitrogen and oxygen atoms in total. The lowest BCUT2D eigenvalue weighted by molar-refractivity contribution is -0.120. The summed E-state index contributed by atoms with van der Waals surface area (Å²) in [5.41, 5.74) is 0.477. The molecule has 1 saturated carbocycles. The van der Waals surface area contributed by atoms with Gasteiger partial charge in [0.05, 0.1) is 0 Å². The fourth-order valence-electron chi connectivity index (χ4n) is 2.90. The van der Waals surface area contributed by atoms with E-state index >= 15 is 0 Å². The van der Waals surface area contributed by atoms with Crippen LogP contribution < -0.4 is 4.90 Å². The van der Waals surface area contributed by atoms with Crippen LogP contribution in [0.3, 0.4) is 0 Å². The van der Waals surface area contributed by atoms with Gasteiger partial charge >= 0.3 is 6.09 Å². The number of anilines is 1. The van der Waals surface area contributed by atoms with E-state index in [1.807, 2.05) is 56.0 Å². The molecular weight excluding hydrogens is 304 g/mol. The first-order chi connectivity index (χ1) is 11.3. The summed E-state index contributed by atoms with van der Waals surface area (Å²) in [6, 6.07) is 9.82. The van der Waals surface area contributed by atoms with E-state index in [9.17, 15) is 9.59 Å². The Hall–Kier alpha value is -2.04. The van der Waals surface area contributed by atoms with Crippen molar-refractivity contribution in [1.82, 2.24) is 4.90 Å². The van der Waals surface area contributed by atoms with Crippen molar-refractivity contribution in [2.75, 3.05) is 24.5 Å². The lowest BCUT2D eigenvalue weighted by Gasteiger charge is -2.41. The molecule has 1 aromatic carbocycles. The smallest absolute Gasteiger partial charge is 0.410 e. The first kappa shape index (κ1) is 16.8. The van der Waals surface area contributed by atoms with E-state index in [1.165, 1.54) is 0 Å². The molecule has 0 bridgehead atoms. The van der Waals surface area contributed by atoms with Gasteiger partial charge < -0.3 is 14.5 Å². The van der Waals surface area contributed by atoms with Gasteiger partial charge in [-0.1, -0.05) is 18.2 Å². The largest absolute Gasteiger partial charge is 0.444 e. The normalized spacial score (nSPS) is 18.0. The Labute approximate surface area is 143 Å². The number of carbonyl (C=O) groups excluding carboxylic acids is 2. The average molecular weight is 330 g/mol. The zero-order valence-electron chi connectivity index (χ0n) is 14.7. The maximum atomic E-state index is 12.6. The summed E-state index contributed by atoms with van der Waals surface area (Å²) in [5.74, 6) is 0.713. The minimum absolute atomic E-state index is 0.187. The second-order valence-electron chi connectivity index (χ2n) is 7.81. The molecular formula is C19H26N2O3. The van der Waals surface area contributed by atoms with E-state index in [4.69, 9.17) is 4.74 Å². The van der Waals surface area contributed by atoms with Gasteiger partial charge in [-0.3, -0.25) is 4.79 Å². The highest BCUT2D eigenvalue weighted by atomic mass is 16.6. The zero-order chi connectivity index (χ0) is 17.3. The number of likely N-dealkylation sites (tertiary alicyclic amines) is 1.